The van der Waals surface area contributed by atoms with E-state index in [9.17, 15) is 0 Å². The summed E-state index contributed by atoms with van der Waals surface area (Å²) in [5.74, 6) is 0. The maximum absolute atomic E-state index is 5.09. The molecule has 0 radical (unpaired) electrons. The molecule has 0 aliphatic carbocycles. The molecule has 46 heavy (non-hydrogen) atoms. The summed E-state index contributed by atoms with van der Waals surface area (Å²) in [5, 5.41) is 10.4. The van der Waals surface area contributed by atoms with Crippen LogP contribution in [0.1, 0.15) is 0 Å². The first-order chi connectivity index (χ1) is 22.8. The van der Waals surface area contributed by atoms with Crippen molar-refractivity contribution in [1.29, 1.82) is 0 Å². The van der Waals surface area contributed by atoms with Gasteiger partial charge in [-0.1, -0.05) is 97.1 Å². The molecule has 0 bridgehead atoms. The highest BCUT2D eigenvalue weighted by Gasteiger charge is 2.15. The molecule has 0 unspecified atom stereocenters. The second kappa shape index (κ2) is 9.62. The standard InChI is InChI=1S/C42H24N4/c1-2-8-37-34(7-1)38(35-19-13-26-6-4-22-44-40(26)42(35)46-37)31-15-18-33-29(24-31)12-11-28-23-30(14-17-32(28)33)36-20-16-27-10-9-25-5-3-21-43-39(25)41(27)45-36/h1-24H. The molecule has 0 amide bonds. The fourth-order valence-electron chi connectivity index (χ4n) is 7.07. The molecule has 0 aliphatic heterocycles. The van der Waals surface area contributed by atoms with Crippen molar-refractivity contribution in [2.75, 3.05) is 0 Å². The maximum Gasteiger partial charge on any atom is 0.0978 e. The molecule has 4 heterocycles. The van der Waals surface area contributed by atoms with Gasteiger partial charge in [-0.25, -0.2) is 9.97 Å². The Kier molecular flexibility index (Phi) is 5.25. The first-order valence-electron chi connectivity index (χ1n) is 15.5. The molecule has 0 spiro atoms. The third kappa shape index (κ3) is 3.74. The van der Waals surface area contributed by atoms with Gasteiger partial charge in [0.25, 0.3) is 0 Å². The van der Waals surface area contributed by atoms with Crippen molar-refractivity contribution in [3.05, 3.63) is 146 Å². The van der Waals surface area contributed by atoms with Crippen molar-refractivity contribution in [3.8, 4) is 22.4 Å². The van der Waals surface area contributed by atoms with Crippen LogP contribution in [0, 0.1) is 0 Å². The Hall–Kier alpha value is -6.26. The van der Waals surface area contributed by atoms with Crippen LogP contribution in [0.2, 0.25) is 0 Å². The highest BCUT2D eigenvalue weighted by molar-refractivity contribution is 6.17. The molecule has 10 rings (SSSR count). The van der Waals surface area contributed by atoms with Crippen LogP contribution in [0.15, 0.2) is 146 Å². The summed E-state index contributed by atoms with van der Waals surface area (Å²) in [6.07, 6.45) is 3.68. The molecule has 4 nitrogen and oxygen atoms in total. The summed E-state index contributed by atoms with van der Waals surface area (Å²) in [4.78, 5) is 19.5. The second-order valence-corrected chi connectivity index (χ2v) is 11.9. The predicted octanol–water partition coefficient (Wildman–Crippen LogP) is 10.7. The van der Waals surface area contributed by atoms with Crippen molar-refractivity contribution in [2.45, 2.75) is 0 Å². The third-order valence-electron chi connectivity index (χ3n) is 9.28. The van der Waals surface area contributed by atoms with E-state index in [2.05, 4.69) is 126 Å². The minimum absolute atomic E-state index is 0.931. The Bertz CT molecular complexity index is 2870. The van der Waals surface area contributed by atoms with E-state index in [1.54, 1.807) is 0 Å². The van der Waals surface area contributed by atoms with Gasteiger partial charge in [0, 0.05) is 50.5 Å². The lowest BCUT2D eigenvalue weighted by atomic mass is 9.92. The molecule has 0 atom stereocenters. The van der Waals surface area contributed by atoms with Gasteiger partial charge in [-0.3, -0.25) is 9.97 Å². The number of nitrogens with zero attached hydrogens (tertiary/aromatic N) is 4. The topological polar surface area (TPSA) is 51.6 Å². The number of hydrogen-bond acceptors (Lipinski definition) is 4. The fourth-order valence-corrected chi connectivity index (χ4v) is 7.07. The summed E-state index contributed by atoms with van der Waals surface area (Å²) in [6, 6.07) is 47.3. The highest BCUT2D eigenvalue weighted by atomic mass is 14.8. The van der Waals surface area contributed by atoms with Gasteiger partial charge in [0.2, 0.25) is 0 Å². The van der Waals surface area contributed by atoms with Crippen LogP contribution in [0.3, 0.4) is 0 Å². The van der Waals surface area contributed by atoms with E-state index in [1.165, 1.54) is 32.7 Å². The number of pyridine rings is 4. The average molecular weight is 585 g/mol. The van der Waals surface area contributed by atoms with Crippen LogP contribution in [-0.4, -0.2) is 19.9 Å². The molecule has 6 aromatic carbocycles. The maximum atomic E-state index is 5.09. The molecule has 0 saturated carbocycles. The summed E-state index contributed by atoms with van der Waals surface area (Å²) < 4.78 is 0. The summed E-state index contributed by atoms with van der Waals surface area (Å²) >= 11 is 0. The summed E-state index contributed by atoms with van der Waals surface area (Å²) in [6.45, 7) is 0. The first kappa shape index (κ1) is 25.1. The van der Waals surface area contributed by atoms with Crippen LogP contribution in [0.25, 0.3) is 98.4 Å². The number of benzene rings is 6. The molecule has 4 aromatic heterocycles. The minimum Gasteiger partial charge on any atom is -0.254 e. The first-order valence-corrected chi connectivity index (χ1v) is 15.5. The Morgan fingerprint density at radius 3 is 1.72 bits per heavy atom. The Labute approximate surface area is 263 Å². The zero-order valence-electron chi connectivity index (χ0n) is 24.6. The quantitative estimate of drug-likeness (QED) is 0.150. The number of aromatic nitrogens is 4. The van der Waals surface area contributed by atoms with Gasteiger partial charge in [-0.05, 0) is 63.5 Å². The van der Waals surface area contributed by atoms with Gasteiger partial charge in [0.15, 0.2) is 0 Å². The fraction of sp³-hybridized carbons (Fsp3) is 0. The smallest absolute Gasteiger partial charge is 0.0978 e. The van der Waals surface area contributed by atoms with Gasteiger partial charge in [0.05, 0.1) is 33.3 Å². The van der Waals surface area contributed by atoms with Crippen molar-refractivity contribution in [3.63, 3.8) is 0 Å². The van der Waals surface area contributed by atoms with Crippen molar-refractivity contribution in [1.82, 2.24) is 19.9 Å². The van der Waals surface area contributed by atoms with E-state index in [-0.39, 0.29) is 0 Å². The van der Waals surface area contributed by atoms with Crippen LogP contribution >= 0.6 is 0 Å². The van der Waals surface area contributed by atoms with Crippen molar-refractivity contribution < 1.29 is 0 Å². The lowest BCUT2D eigenvalue weighted by Gasteiger charge is -2.14. The number of fused-ring (bicyclic) bond motifs is 10. The summed E-state index contributed by atoms with van der Waals surface area (Å²) in [5.41, 5.74) is 9.10. The molecule has 4 heteroatoms. The molecule has 0 aliphatic rings. The van der Waals surface area contributed by atoms with Gasteiger partial charge in [-0.15, -0.1) is 0 Å². The van der Waals surface area contributed by atoms with Crippen LogP contribution < -0.4 is 0 Å². The van der Waals surface area contributed by atoms with Gasteiger partial charge in [-0.2, -0.15) is 0 Å². The number of rotatable bonds is 2. The lowest BCUT2D eigenvalue weighted by Crippen LogP contribution is -1.92. The molecule has 0 fully saturated rings. The van der Waals surface area contributed by atoms with Crippen LogP contribution in [0.5, 0.6) is 0 Å². The largest absolute Gasteiger partial charge is 0.254 e. The average Bonchev–Trinajstić information content (AvgIpc) is 3.13. The van der Waals surface area contributed by atoms with E-state index in [0.717, 1.165) is 65.8 Å². The lowest BCUT2D eigenvalue weighted by molar-refractivity contribution is 1.37. The summed E-state index contributed by atoms with van der Waals surface area (Å²) in [7, 11) is 0. The number of para-hydroxylation sites is 1. The van der Waals surface area contributed by atoms with E-state index in [4.69, 9.17) is 15.0 Å². The van der Waals surface area contributed by atoms with Gasteiger partial charge >= 0.3 is 0 Å². The van der Waals surface area contributed by atoms with Crippen molar-refractivity contribution in [2.24, 2.45) is 0 Å². The number of hydrogen-bond donors (Lipinski definition) is 0. The molecular formula is C42H24N4. The Balaban J connectivity index is 1.13. The normalized spacial score (nSPS) is 11.9. The zero-order valence-corrected chi connectivity index (χ0v) is 24.6. The van der Waals surface area contributed by atoms with E-state index in [1.807, 2.05) is 24.5 Å². The highest BCUT2D eigenvalue weighted by Crippen LogP contribution is 2.39. The van der Waals surface area contributed by atoms with Crippen molar-refractivity contribution >= 4 is 76.1 Å². The monoisotopic (exact) mass is 584 g/mol. The Morgan fingerprint density at radius 1 is 0.348 bits per heavy atom. The predicted molar refractivity (Wildman–Crippen MR) is 191 cm³/mol. The van der Waals surface area contributed by atoms with E-state index < -0.39 is 0 Å². The molecule has 0 saturated heterocycles. The van der Waals surface area contributed by atoms with E-state index in [0.29, 0.717) is 0 Å². The molecule has 212 valence electrons. The zero-order chi connectivity index (χ0) is 30.2. The van der Waals surface area contributed by atoms with E-state index >= 15 is 0 Å². The minimum atomic E-state index is 0.931. The molecule has 10 aromatic rings. The van der Waals surface area contributed by atoms with Crippen LogP contribution in [0.4, 0.5) is 0 Å². The van der Waals surface area contributed by atoms with Gasteiger partial charge < -0.3 is 0 Å². The molecule has 0 N–H and O–H groups in total. The SMILES string of the molecule is c1cnc2c(c1)ccc1ccc(-c3ccc4c(ccc5cc(-c6c7ccccc7nc7c6ccc6cccnc67)ccc54)c3)nc12. The third-order valence-corrected chi connectivity index (χ3v) is 9.28. The van der Waals surface area contributed by atoms with Gasteiger partial charge in [0.1, 0.15) is 0 Å². The molecular weight excluding hydrogens is 560 g/mol. The second-order valence-electron chi connectivity index (χ2n) is 11.9. The Morgan fingerprint density at radius 2 is 0.935 bits per heavy atom. The van der Waals surface area contributed by atoms with Crippen LogP contribution in [-0.2, 0) is 0 Å².